The van der Waals surface area contributed by atoms with Gasteiger partial charge < -0.3 is 4.74 Å². The highest BCUT2D eigenvalue weighted by molar-refractivity contribution is 5.28. The molecule has 0 bridgehead atoms. The predicted octanol–water partition coefficient (Wildman–Crippen LogP) is -0.00870. The van der Waals surface area contributed by atoms with E-state index in [4.69, 9.17) is 26.2 Å². The van der Waals surface area contributed by atoms with Gasteiger partial charge in [0.1, 0.15) is 16.8 Å². The molecule has 1 spiro atoms. The van der Waals surface area contributed by atoms with E-state index in [-0.39, 0.29) is 11.2 Å². The van der Waals surface area contributed by atoms with Gasteiger partial charge in [-0.25, -0.2) is 11.8 Å². The Hall–Kier alpha value is -0.200. The lowest BCUT2D eigenvalue weighted by Crippen LogP contribution is -2.77. The molecule has 1 aliphatic heterocycles. The summed E-state index contributed by atoms with van der Waals surface area (Å²) in [5.74, 6) is 10.8. The second kappa shape index (κ2) is 2.48. The molecular weight excluding hydrogens is 184 g/mol. The SMILES string of the molecule is NOC1(C2(ON)CCC23CCO3)CC1. The van der Waals surface area contributed by atoms with Crippen molar-refractivity contribution in [3.8, 4) is 0 Å². The van der Waals surface area contributed by atoms with Crippen molar-refractivity contribution in [3.63, 3.8) is 0 Å². The average molecular weight is 200 g/mol. The van der Waals surface area contributed by atoms with Crippen LogP contribution < -0.4 is 11.8 Å². The van der Waals surface area contributed by atoms with E-state index in [1.807, 2.05) is 0 Å². The first kappa shape index (κ1) is 9.06. The molecule has 2 atom stereocenters. The molecule has 3 fully saturated rings. The van der Waals surface area contributed by atoms with Crippen LogP contribution in [-0.4, -0.2) is 23.4 Å². The first-order chi connectivity index (χ1) is 6.74. The van der Waals surface area contributed by atoms with E-state index < -0.39 is 5.60 Å². The molecule has 80 valence electrons. The van der Waals surface area contributed by atoms with Crippen LogP contribution in [0.1, 0.15) is 32.1 Å². The molecule has 2 aliphatic carbocycles. The molecule has 2 unspecified atom stereocenters. The molecule has 4 N–H and O–H groups in total. The molecule has 3 aliphatic rings. The van der Waals surface area contributed by atoms with E-state index in [2.05, 4.69) is 0 Å². The summed E-state index contributed by atoms with van der Waals surface area (Å²) in [4.78, 5) is 10.3. The van der Waals surface area contributed by atoms with Gasteiger partial charge in [-0.3, -0.25) is 9.68 Å². The van der Waals surface area contributed by atoms with Gasteiger partial charge in [-0.1, -0.05) is 0 Å². The lowest BCUT2D eigenvalue weighted by Gasteiger charge is -2.64. The van der Waals surface area contributed by atoms with Crippen molar-refractivity contribution in [1.82, 2.24) is 0 Å². The maximum absolute atomic E-state index is 5.65. The van der Waals surface area contributed by atoms with Crippen LogP contribution in [0.15, 0.2) is 0 Å². The monoisotopic (exact) mass is 200 g/mol. The van der Waals surface area contributed by atoms with E-state index in [0.717, 1.165) is 38.7 Å². The number of hydrogen-bond donors (Lipinski definition) is 2. The fourth-order valence-corrected chi connectivity index (χ4v) is 3.14. The maximum atomic E-state index is 5.65. The molecule has 0 amide bonds. The minimum Gasteiger partial charge on any atom is -0.372 e. The van der Waals surface area contributed by atoms with Crippen molar-refractivity contribution in [2.45, 2.75) is 48.9 Å². The second-order valence-electron chi connectivity index (χ2n) is 4.65. The number of nitrogens with two attached hydrogens (primary N) is 2. The molecular formula is C9H16N2O3. The first-order valence-electron chi connectivity index (χ1n) is 5.14. The summed E-state index contributed by atoms with van der Waals surface area (Å²) in [7, 11) is 0. The van der Waals surface area contributed by atoms with Crippen molar-refractivity contribution in [2.24, 2.45) is 11.8 Å². The highest BCUT2D eigenvalue weighted by Gasteiger charge is 2.78. The zero-order valence-electron chi connectivity index (χ0n) is 8.12. The topological polar surface area (TPSA) is 79.7 Å². The Morgan fingerprint density at radius 2 is 1.64 bits per heavy atom. The second-order valence-corrected chi connectivity index (χ2v) is 4.65. The van der Waals surface area contributed by atoms with Gasteiger partial charge in [0, 0.05) is 6.42 Å². The van der Waals surface area contributed by atoms with Crippen LogP contribution in [0.5, 0.6) is 0 Å². The van der Waals surface area contributed by atoms with Crippen LogP contribution in [0.2, 0.25) is 0 Å². The van der Waals surface area contributed by atoms with E-state index in [1.165, 1.54) is 0 Å². The minimum absolute atomic E-state index is 0.197. The van der Waals surface area contributed by atoms with E-state index in [1.54, 1.807) is 0 Å². The van der Waals surface area contributed by atoms with Gasteiger partial charge in [0.25, 0.3) is 0 Å². The molecule has 1 saturated heterocycles. The molecule has 0 aromatic heterocycles. The third kappa shape index (κ3) is 0.717. The Balaban J connectivity index is 1.92. The highest BCUT2D eigenvalue weighted by atomic mass is 16.7. The molecule has 5 heteroatoms. The average Bonchev–Trinajstić information content (AvgIpc) is 2.83. The largest absolute Gasteiger partial charge is 0.372 e. The number of rotatable bonds is 3. The van der Waals surface area contributed by atoms with Crippen LogP contribution in [0.25, 0.3) is 0 Å². The standard InChI is InChI=1S/C9H16N2O3/c10-13-8(1-2-8)9(14-11)4-3-7(9)5-6-12-7/h1-6,10-11H2. The van der Waals surface area contributed by atoms with Gasteiger partial charge in [-0.15, -0.1) is 0 Å². The van der Waals surface area contributed by atoms with E-state index >= 15 is 0 Å². The summed E-state index contributed by atoms with van der Waals surface area (Å²) in [6.07, 6.45) is 4.75. The lowest BCUT2D eigenvalue weighted by molar-refractivity contribution is -0.360. The van der Waals surface area contributed by atoms with Crippen molar-refractivity contribution >= 4 is 0 Å². The van der Waals surface area contributed by atoms with Crippen LogP contribution in [0, 0.1) is 0 Å². The Morgan fingerprint density at radius 1 is 0.929 bits per heavy atom. The number of hydrogen-bond acceptors (Lipinski definition) is 5. The van der Waals surface area contributed by atoms with Gasteiger partial charge in [0.2, 0.25) is 0 Å². The van der Waals surface area contributed by atoms with Crippen molar-refractivity contribution in [1.29, 1.82) is 0 Å². The lowest BCUT2D eigenvalue weighted by atomic mass is 9.57. The Morgan fingerprint density at radius 3 is 1.86 bits per heavy atom. The Kier molecular flexibility index (Phi) is 1.61. The van der Waals surface area contributed by atoms with Gasteiger partial charge >= 0.3 is 0 Å². The molecule has 0 radical (unpaired) electrons. The Labute approximate surface area is 82.6 Å². The Bertz CT molecular complexity index is 246. The highest BCUT2D eigenvalue weighted by Crippen LogP contribution is 2.65. The summed E-state index contributed by atoms with van der Waals surface area (Å²) < 4.78 is 5.65. The van der Waals surface area contributed by atoms with E-state index in [0.29, 0.717) is 0 Å². The van der Waals surface area contributed by atoms with Gasteiger partial charge in [0.15, 0.2) is 0 Å². The smallest absolute Gasteiger partial charge is 0.149 e. The summed E-state index contributed by atoms with van der Waals surface area (Å²) in [5, 5.41) is 0. The van der Waals surface area contributed by atoms with Crippen LogP contribution in [0.3, 0.4) is 0 Å². The van der Waals surface area contributed by atoms with Crippen molar-refractivity contribution in [3.05, 3.63) is 0 Å². The van der Waals surface area contributed by atoms with Crippen LogP contribution >= 0.6 is 0 Å². The number of ether oxygens (including phenoxy) is 1. The summed E-state index contributed by atoms with van der Waals surface area (Å²) in [6.45, 7) is 0.797. The quantitative estimate of drug-likeness (QED) is 0.626. The van der Waals surface area contributed by atoms with Gasteiger partial charge in [0.05, 0.1) is 6.61 Å². The summed E-state index contributed by atoms with van der Waals surface area (Å²) in [5.41, 5.74) is -1.05. The zero-order valence-corrected chi connectivity index (χ0v) is 8.12. The summed E-state index contributed by atoms with van der Waals surface area (Å²) in [6, 6.07) is 0. The summed E-state index contributed by atoms with van der Waals surface area (Å²) >= 11 is 0. The molecule has 3 rings (SSSR count). The fourth-order valence-electron chi connectivity index (χ4n) is 3.14. The van der Waals surface area contributed by atoms with Gasteiger partial charge in [-0.2, -0.15) is 0 Å². The molecule has 0 aromatic rings. The van der Waals surface area contributed by atoms with Crippen molar-refractivity contribution < 1.29 is 14.4 Å². The van der Waals surface area contributed by atoms with Gasteiger partial charge in [-0.05, 0) is 25.7 Å². The fraction of sp³-hybridized carbons (Fsp3) is 1.00. The molecule has 0 aromatic carbocycles. The predicted molar refractivity (Wildman–Crippen MR) is 47.8 cm³/mol. The molecule has 5 nitrogen and oxygen atoms in total. The molecule has 14 heavy (non-hydrogen) atoms. The molecule has 1 heterocycles. The van der Waals surface area contributed by atoms with Crippen LogP contribution in [-0.2, 0) is 14.4 Å². The third-order valence-electron chi connectivity index (χ3n) is 4.37. The first-order valence-corrected chi connectivity index (χ1v) is 5.14. The maximum Gasteiger partial charge on any atom is 0.149 e. The normalized spacial score (nSPS) is 48.4. The van der Waals surface area contributed by atoms with Crippen molar-refractivity contribution in [2.75, 3.05) is 6.61 Å². The minimum atomic E-state index is -0.479. The molecule has 2 saturated carbocycles. The van der Waals surface area contributed by atoms with Crippen LogP contribution in [0.4, 0.5) is 0 Å². The third-order valence-corrected chi connectivity index (χ3v) is 4.37. The zero-order chi connectivity index (χ0) is 9.86. The van der Waals surface area contributed by atoms with E-state index in [9.17, 15) is 0 Å².